The molecule has 0 spiro atoms. The van der Waals surface area contributed by atoms with Gasteiger partial charge in [-0.2, -0.15) is 0 Å². The molecule has 1 saturated heterocycles. The number of carbonyl (C=O) groups is 2. The minimum Gasteiger partial charge on any atom is -0.477 e. The second-order valence-electron chi connectivity index (χ2n) is 3.62. The Hall–Kier alpha value is -1.63. The number of aromatic nitrogens is 1. The fourth-order valence-electron chi connectivity index (χ4n) is 1.57. The zero-order valence-corrected chi connectivity index (χ0v) is 9.67. The number of nitrogens with one attached hydrogen (secondary N) is 1. The third kappa shape index (κ3) is 1.63. The number of carboxylic acid groups (broad SMARTS) is 1. The van der Waals surface area contributed by atoms with E-state index in [1.54, 1.807) is 6.92 Å². The highest BCUT2D eigenvalue weighted by molar-refractivity contribution is 7.17. The van der Waals surface area contributed by atoms with Crippen LogP contribution in [0.4, 0.5) is 9.93 Å². The van der Waals surface area contributed by atoms with Crippen molar-refractivity contribution in [1.29, 1.82) is 0 Å². The highest BCUT2D eigenvalue weighted by Crippen LogP contribution is 2.28. The second kappa shape index (κ2) is 3.75. The van der Waals surface area contributed by atoms with Crippen LogP contribution in [-0.2, 0) is 0 Å². The molecule has 0 saturated carbocycles. The zero-order valence-electron chi connectivity index (χ0n) is 8.85. The smallest absolute Gasteiger partial charge is 0.347 e. The van der Waals surface area contributed by atoms with Crippen LogP contribution in [0.15, 0.2) is 0 Å². The highest BCUT2D eigenvalue weighted by atomic mass is 32.1. The molecule has 0 radical (unpaired) electrons. The van der Waals surface area contributed by atoms with Gasteiger partial charge in [-0.3, -0.25) is 4.90 Å². The number of carbonyl (C=O) groups excluding carboxylic acids is 1. The van der Waals surface area contributed by atoms with Crippen LogP contribution in [0.5, 0.6) is 0 Å². The molecule has 0 aliphatic carbocycles. The molecule has 6 nitrogen and oxygen atoms in total. The van der Waals surface area contributed by atoms with Crippen LogP contribution in [-0.4, -0.2) is 34.7 Å². The fourth-order valence-corrected chi connectivity index (χ4v) is 2.58. The van der Waals surface area contributed by atoms with Gasteiger partial charge in [-0.15, -0.1) is 0 Å². The predicted octanol–water partition coefficient (Wildman–Crippen LogP) is 1.07. The standard InChI is InChI=1S/C9H11N3O3S/c1-4-3-10-8(15)12(4)9-11-5(2)6(16-9)7(13)14/h4H,3H2,1-2H3,(H,10,15)(H,13,14). The van der Waals surface area contributed by atoms with Crippen molar-refractivity contribution in [2.75, 3.05) is 11.4 Å². The van der Waals surface area contributed by atoms with E-state index in [0.29, 0.717) is 17.4 Å². The van der Waals surface area contributed by atoms with E-state index in [2.05, 4.69) is 10.3 Å². The summed E-state index contributed by atoms with van der Waals surface area (Å²) >= 11 is 1.03. The molecule has 2 N–H and O–H groups in total. The quantitative estimate of drug-likeness (QED) is 0.811. The number of thiazole rings is 1. The lowest BCUT2D eigenvalue weighted by atomic mass is 10.3. The lowest BCUT2D eigenvalue weighted by Gasteiger charge is -2.15. The number of nitrogens with zero attached hydrogens (tertiary/aromatic N) is 2. The molecule has 0 aromatic carbocycles. The van der Waals surface area contributed by atoms with E-state index in [1.807, 2.05) is 6.92 Å². The number of anilines is 1. The average Bonchev–Trinajstić information content (AvgIpc) is 2.70. The molecule has 1 aromatic heterocycles. The SMILES string of the molecule is Cc1nc(N2C(=O)NCC2C)sc1C(=O)O. The monoisotopic (exact) mass is 241 g/mol. The van der Waals surface area contributed by atoms with Crippen molar-refractivity contribution in [1.82, 2.24) is 10.3 Å². The van der Waals surface area contributed by atoms with Crippen LogP contribution in [0.1, 0.15) is 22.3 Å². The maximum Gasteiger partial charge on any atom is 0.347 e. The van der Waals surface area contributed by atoms with E-state index >= 15 is 0 Å². The first-order valence-electron chi connectivity index (χ1n) is 4.78. The van der Waals surface area contributed by atoms with Gasteiger partial charge in [0.25, 0.3) is 0 Å². The van der Waals surface area contributed by atoms with E-state index in [9.17, 15) is 9.59 Å². The molecule has 7 heteroatoms. The lowest BCUT2D eigenvalue weighted by molar-refractivity contribution is 0.0701. The van der Waals surface area contributed by atoms with Gasteiger partial charge < -0.3 is 10.4 Å². The summed E-state index contributed by atoms with van der Waals surface area (Å²) in [6, 6.07) is -0.224. The highest BCUT2D eigenvalue weighted by Gasteiger charge is 2.31. The Kier molecular flexibility index (Phi) is 2.55. The van der Waals surface area contributed by atoms with Crippen LogP contribution in [0, 0.1) is 6.92 Å². The van der Waals surface area contributed by atoms with Crippen molar-refractivity contribution in [2.24, 2.45) is 0 Å². The number of amides is 2. The largest absolute Gasteiger partial charge is 0.477 e. The van der Waals surface area contributed by atoms with Gasteiger partial charge in [0.05, 0.1) is 11.7 Å². The Labute approximate surface area is 95.9 Å². The van der Waals surface area contributed by atoms with Gasteiger partial charge in [-0.25, -0.2) is 14.6 Å². The summed E-state index contributed by atoms with van der Waals surface area (Å²) in [7, 11) is 0. The van der Waals surface area contributed by atoms with Crippen LogP contribution in [0.3, 0.4) is 0 Å². The lowest BCUT2D eigenvalue weighted by Crippen LogP contribution is -2.32. The van der Waals surface area contributed by atoms with Gasteiger partial charge in [0.15, 0.2) is 5.13 Å². The Bertz CT molecular complexity index is 457. The van der Waals surface area contributed by atoms with Gasteiger partial charge >= 0.3 is 12.0 Å². The third-order valence-electron chi connectivity index (χ3n) is 2.39. The van der Waals surface area contributed by atoms with Crippen molar-refractivity contribution < 1.29 is 14.7 Å². The summed E-state index contributed by atoms with van der Waals surface area (Å²) in [6.45, 7) is 4.07. The van der Waals surface area contributed by atoms with Gasteiger partial charge in [-0.05, 0) is 13.8 Å². The normalized spacial score (nSPS) is 20.0. The maximum absolute atomic E-state index is 11.5. The molecule has 1 aliphatic rings. The molecule has 0 bridgehead atoms. The van der Waals surface area contributed by atoms with Crippen molar-refractivity contribution in [3.63, 3.8) is 0 Å². The summed E-state index contributed by atoms with van der Waals surface area (Å²) in [4.78, 5) is 28.2. The molecule has 1 unspecified atom stereocenters. The van der Waals surface area contributed by atoms with E-state index < -0.39 is 5.97 Å². The van der Waals surface area contributed by atoms with Crippen LogP contribution in [0.25, 0.3) is 0 Å². The minimum atomic E-state index is -1.01. The fraction of sp³-hybridized carbons (Fsp3) is 0.444. The average molecular weight is 241 g/mol. The first-order chi connectivity index (χ1) is 7.50. The summed E-state index contributed by atoms with van der Waals surface area (Å²) in [5.74, 6) is -1.01. The molecule has 2 rings (SSSR count). The molecule has 86 valence electrons. The molecule has 1 aromatic rings. The summed E-state index contributed by atoms with van der Waals surface area (Å²) in [5, 5.41) is 12.0. The summed E-state index contributed by atoms with van der Waals surface area (Å²) < 4.78 is 0. The summed E-state index contributed by atoms with van der Waals surface area (Å²) in [5.41, 5.74) is 0.444. The number of hydrogen-bond donors (Lipinski definition) is 2. The van der Waals surface area contributed by atoms with Crippen LogP contribution in [0.2, 0.25) is 0 Å². The number of carboxylic acids is 1. The molecule has 1 aliphatic heterocycles. The van der Waals surface area contributed by atoms with Gasteiger partial charge in [0, 0.05) is 6.54 Å². The number of rotatable bonds is 2. The molecular formula is C9H11N3O3S. The Morgan fingerprint density at radius 1 is 1.69 bits per heavy atom. The van der Waals surface area contributed by atoms with Crippen LogP contribution < -0.4 is 10.2 Å². The summed E-state index contributed by atoms with van der Waals surface area (Å²) in [6.07, 6.45) is 0. The number of aromatic carboxylic acids is 1. The molecule has 2 amide bonds. The van der Waals surface area contributed by atoms with E-state index in [4.69, 9.17) is 5.11 Å². The molecule has 16 heavy (non-hydrogen) atoms. The molecule has 2 heterocycles. The Balaban J connectivity index is 2.37. The van der Waals surface area contributed by atoms with E-state index in [-0.39, 0.29) is 17.0 Å². The number of hydrogen-bond acceptors (Lipinski definition) is 4. The first kappa shape index (κ1) is 10.9. The number of urea groups is 1. The van der Waals surface area contributed by atoms with E-state index in [0.717, 1.165) is 11.3 Å². The maximum atomic E-state index is 11.5. The van der Waals surface area contributed by atoms with Crippen molar-refractivity contribution >= 4 is 28.5 Å². The third-order valence-corrected chi connectivity index (χ3v) is 3.54. The zero-order chi connectivity index (χ0) is 11.9. The second-order valence-corrected chi connectivity index (χ2v) is 4.60. The van der Waals surface area contributed by atoms with Gasteiger partial charge in [0.2, 0.25) is 0 Å². The first-order valence-corrected chi connectivity index (χ1v) is 5.60. The molecule has 1 atom stereocenters. The van der Waals surface area contributed by atoms with Crippen LogP contribution >= 0.6 is 11.3 Å². The Morgan fingerprint density at radius 3 is 2.81 bits per heavy atom. The van der Waals surface area contributed by atoms with Gasteiger partial charge in [0.1, 0.15) is 4.88 Å². The van der Waals surface area contributed by atoms with Crippen molar-refractivity contribution in [3.8, 4) is 0 Å². The predicted molar refractivity (Wildman–Crippen MR) is 59.2 cm³/mol. The Morgan fingerprint density at radius 2 is 2.38 bits per heavy atom. The van der Waals surface area contributed by atoms with Crippen molar-refractivity contribution in [2.45, 2.75) is 19.9 Å². The molecule has 1 fully saturated rings. The van der Waals surface area contributed by atoms with Crippen molar-refractivity contribution in [3.05, 3.63) is 10.6 Å². The number of aryl methyl sites for hydroxylation is 1. The van der Waals surface area contributed by atoms with Gasteiger partial charge in [-0.1, -0.05) is 11.3 Å². The molecular weight excluding hydrogens is 230 g/mol. The topological polar surface area (TPSA) is 82.5 Å². The van der Waals surface area contributed by atoms with E-state index in [1.165, 1.54) is 4.90 Å². The minimum absolute atomic E-state index is 0.000283.